The van der Waals surface area contributed by atoms with E-state index in [0.717, 1.165) is 0 Å². The van der Waals surface area contributed by atoms with Crippen LogP contribution in [0.4, 0.5) is 0 Å². The first-order chi connectivity index (χ1) is 39.9. The van der Waals surface area contributed by atoms with Crippen LogP contribution in [0.1, 0.15) is 253 Å². The lowest BCUT2D eigenvalue weighted by molar-refractivity contribution is 0.807. The highest BCUT2D eigenvalue weighted by Crippen LogP contribution is 2.55. The third-order valence-electron chi connectivity index (χ3n) is 21.2. The molecule has 0 saturated heterocycles. The Bertz CT molecular complexity index is 4100. The van der Waals surface area contributed by atoms with E-state index in [2.05, 4.69) is 248 Å². The lowest BCUT2D eigenvalue weighted by Crippen LogP contribution is -2.53. The SMILES string of the molecule is CC(C)c1ccc2c(c1)-c1cc(C(C)C)cc3c1B2c1cc2c(-c4c(C(C)C)cc(C(C)C)cc4C(C)C)cc4c5c(cc6c(-c7c(C(C)C)cc(C(C)C)cc7C(C)C)cc-3c1c6c25)B1c2ccc(C(C)C)cc2-c2cc(C(C)C)cc-4c21. The molecule has 0 saturated carbocycles. The Hall–Kier alpha value is -6.63. The summed E-state index contributed by atoms with van der Waals surface area (Å²) in [6, 6.07) is 47.2. The first-order valence-corrected chi connectivity index (χ1v) is 32.8. The van der Waals surface area contributed by atoms with Gasteiger partial charge in [0.05, 0.1) is 0 Å². The van der Waals surface area contributed by atoms with Crippen molar-refractivity contribution in [2.24, 2.45) is 0 Å². The molecule has 0 unspecified atom stereocenters. The molecule has 0 atom stereocenters. The van der Waals surface area contributed by atoms with E-state index in [-0.39, 0.29) is 13.4 Å². The zero-order valence-electron chi connectivity index (χ0n) is 54.3. The predicted molar refractivity (Wildman–Crippen MR) is 373 cm³/mol. The summed E-state index contributed by atoms with van der Waals surface area (Å²) in [6.45, 7) is 48.4. The summed E-state index contributed by atoms with van der Waals surface area (Å²) in [7, 11) is 0. The standard InChI is InChI=1S/C82H88B2/c1-39(2)49-21-23-71-59(25-49)67-31-53(43(9)10)33-69-63-35-61(75-55(45(13)14)27-51(41(5)6)28-56(75)46(15)16)66-38-74-78-64(70-34-54(44(11)12)32-68-60-26-50(40(3)4)22-24-72(60)84(74)82(68)70)36-62(65-37-73(83(71)81(67)69)77(63)79(66)80(65)78)76-57(47(17)18)29-52(42(7)8)30-58(76)48(19)20/h21-48H,1-20H3. The normalized spacial score (nSPS) is 13.8. The van der Waals surface area contributed by atoms with Crippen LogP contribution in [0.25, 0.3) is 99.1 Å². The fourth-order valence-corrected chi connectivity index (χ4v) is 16.4. The zero-order chi connectivity index (χ0) is 59.3. The molecular weight excluding hydrogens is 1010 g/mol. The molecule has 422 valence electrons. The minimum Gasteiger partial charge on any atom is -0.0661 e. The van der Waals surface area contributed by atoms with Crippen molar-refractivity contribution < 1.29 is 0 Å². The molecule has 0 nitrogen and oxygen atoms in total. The van der Waals surface area contributed by atoms with E-state index in [4.69, 9.17) is 0 Å². The molecule has 84 heavy (non-hydrogen) atoms. The summed E-state index contributed by atoms with van der Waals surface area (Å²) >= 11 is 0. The highest BCUT2D eigenvalue weighted by Gasteiger charge is 2.46. The molecule has 14 rings (SSSR count). The van der Waals surface area contributed by atoms with Crippen molar-refractivity contribution in [1.29, 1.82) is 0 Å². The summed E-state index contributed by atoms with van der Waals surface area (Å²) in [4.78, 5) is 0. The van der Waals surface area contributed by atoms with Crippen LogP contribution in [0, 0.1) is 0 Å². The van der Waals surface area contributed by atoms with Crippen molar-refractivity contribution in [1.82, 2.24) is 0 Å². The number of fused-ring (bicyclic) bond motifs is 10. The Labute approximate surface area is 504 Å². The summed E-state index contributed by atoms with van der Waals surface area (Å²) in [5, 5.41) is 8.72. The molecule has 10 aromatic rings. The third kappa shape index (κ3) is 7.79. The van der Waals surface area contributed by atoms with E-state index in [1.165, 1.54) is 187 Å². The van der Waals surface area contributed by atoms with Gasteiger partial charge in [0.2, 0.25) is 13.4 Å². The number of hydrogen-bond donors (Lipinski definition) is 0. The fourth-order valence-electron chi connectivity index (χ4n) is 16.4. The molecule has 0 N–H and O–H groups in total. The second-order valence-corrected chi connectivity index (χ2v) is 29.8. The van der Waals surface area contributed by atoms with E-state index in [1.807, 2.05) is 0 Å². The van der Waals surface area contributed by atoms with Crippen LogP contribution in [0.2, 0.25) is 0 Å². The summed E-state index contributed by atoms with van der Waals surface area (Å²) < 4.78 is 0. The van der Waals surface area contributed by atoms with Crippen molar-refractivity contribution in [2.45, 2.75) is 198 Å². The largest absolute Gasteiger partial charge is 0.244 e. The number of benzene rings is 10. The van der Waals surface area contributed by atoms with Gasteiger partial charge in [0.1, 0.15) is 0 Å². The van der Waals surface area contributed by atoms with E-state index in [9.17, 15) is 0 Å². The molecule has 4 aliphatic heterocycles. The number of hydrogen-bond acceptors (Lipinski definition) is 0. The molecule has 0 radical (unpaired) electrons. The van der Waals surface area contributed by atoms with Gasteiger partial charge in [-0.25, -0.2) is 0 Å². The summed E-state index contributed by atoms with van der Waals surface area (Å²) in [5.74, 6) is 3.72. The van der Waals surface area contributed by atoms with Gasteiger partial charge >= 0.3 is 0 Å². The van der Waals surface area contributed by atoms with Gasteiger partial charge in [-0.2, -0.15) is 0 Å². The van der Waals surface area contributed by atoms with E-state index in [0.29, 0.717) is 59.2 Å². The predicted octanol–water partition coefficient (Wildman–Crippen LogP) is 20.1. The smallest absolute Gasteiger partial charge is 0.0661 e. The molecule has 4 heterocycles. The first-order valence-electron chi connectivity index (χ1n) is 32.8. The zero-order valence-corrected chi connectivity index (χ0v) is 54.3. The second kappa shape index (κ2) is 19.4. The lowest BCUT2D eigenvalue weighted by Gasteiger charge is -2.34. The van der Waals surface area contributed by atoms with Gasteiger partial charge in [-0.15, -0.1) is 0 Å². The highest BCUT2D eigenvalue weighted by molar-refractivity contribution is 7.03. The van der Waals surface area contributed by atoms with Crippen molar-refractivity contribution in [2.75, 3.05) is 0 Å². The molecule has 0 fully saturated rings. The second-order valence-electron chi connectivity index (χ2n) is 29.8. The molecule has 0 bridgehead atoms. The molecule has 0 amide bonds. The maximum Gasteiger partial charge on any atom is 0.244 e. The Balaban J connectivity index is 1.28. The monoisotopic (exact) mass is 1090 g/mol. The van der Waals surface area contributed by atoms with Crippen LogP contribution in [-0.4, -0.2) is 13.4 Å². The van der Waals surface area contributed by atoms with Crippen LogP contribution in [-0.2, 0) is 0 Å². The Morgan fingerprint density at radius 3 is 0.774 bits per heavy atom. The van der Waals surface area contributed by atoms with Crippen LogP contribution in [0.15, 0.2) is 109 Å². The van der Waals surface area contributed by atoms with Crippen LogP contribution >= 0.6 is 0 Å². The van der Waals surface area contributed by atoms with Crippen LogP contribution in [0.3, 0.4) is 0 Å². The molecular formula is C82H88B2. The Kier molecular flexibility index (Phi) is 12.8. The third-order valence-corrected chi connectivity index (χ3v) is 21.2. The van der Waals surface area contributed by atoms with Crippen molar-refractivity contribution in [3.63, 3.8) is 0 Å². The Morgan fingerprint density at radius 1 is 0.214 bits per heavy atom. The van der Waals surface area contributed by atoms with E-state index in [1.54, 1.807) is 0 Å². The van der Waals surface area contributed by atoms with E-state index < -0.39 is 0 Å². The topological polar surface area (TPSA) is 0 Å². The highest BCUT2D eigenvalue weighted by atomic mass is 14.4. The molecule has 0 aliphatic carbocycles. The van der Waals surface area contributed by atoms with Crippen molar-refractivity contribution in [3.05, 3.63) is 165 Å². The quantitative estimate of drug-likeness (QED) is 0.0845. The minimum absolute atomic E-state index is 0.103. The average molecular weight is 1100 g/mol. The number of rotatable bonds is 12. The van der Waals surface area contributed by atoms with E-state index >= 15 is 0 Å². The van der Waals surface area contributed by atoms with Gasteiger partial charge in [0.15, 0.2) is 0 Å². The van der Waals surface area contributed by atoms with Gasteiger partial charge in [-0.1, -0.05) is 268 Å². The molecule has 10 aromatic carbocycles. The molecule has 4 aliphatic rings. The maximum absolute atomic E-state index is 2.80. The Morgan fingerprint density at radius 2 is 0.488 bits per heavy atom. The van der Waals surface area contributed by atoms with Crippen LogP contribution < -0.4 is 32.8 Å². The first kappa shape index (κ1) is 55.3. The van der Waals surface area contributed by atoms with Crippen molar-refractivity contribution >= 4 is 78.5 Å². The minimum atomic E-state index is 0.103. The maximum atomic E-state index is 2.80. The van der Waals surface area contributed by atoms with Gasteiger partial charge in [-0.3, -0.25) is 0 Å². The van der Waals surface area contributed by atoms with Crippen LogP contribution in [0.5, 0.6) is 0 Å². The van der Waals surface area contributed by atoms with Gasteiger partial charge in [-0.05, 0) is 226 Å². The van der Waals surface area contributed by atoms with Gasteiger partial charge < -0.3 is 0 Å². The molecule has 0 aromatic heterocycles. The van der Waals surface area contributed by atoms with Gasteiger partial charge in [0.25, 0.3) is 0 Å². The van der Waals surface area contributed by atoms with Crippen molar-refractivity contribution in [3.8, 4) is 66.8 Å². The summed E-state index contributed by atoms with van der Waals surface area (Å²) in [5.41, 5.74) is 40.6. The summed E-state index contributed by atoms with van der Waals surface area (Å²) in [6.07, 6.45) is 0. The van der Waals surface area contributed by atoms with Gasteiger partial charge in [0, 0.05) is 0 Å². The fraction of sp³-hybridized carbons (Fsp3) is 0.366. The lowest BCUT2D eigenvalue weighted by atomic mass is 9.34. The average Bonchev–Trinajstić information content (AvgIpc) is 1.18. The molecule has 0 spiro atoms. The molecule has 2 heteroatoms.